The van der Waals surface area contributed by atoms with Crippen LogP contribution in [0.4, 0.5) is 0 Å². The van der Waals surface area contributed by atoms with E-state index in [1.807, 2.05) is 12.1 Å². The molecule has 0 radical (unpaired) electrons. The number of allylic oxidation sites excluding steroid dienone is 3. The molecular weight excluding hydrogens is 254 g/mol. The summed E-state index contributed by atoms with van der Waals surface area (Å²) in [7, 11) is 0. The third-order valence-corrected chi connectivity index (χ3v) is 3.32. The maximum Gasteiger partial charge on any atom is 0.349 e. The molecule has 0 aromatic carbocycles. The minimum Gasteiger partial charge on any atom is -0.462 e. The highest BCUT2D eigenvalue weighted by Crippen LogP contribution is 2.40. The Labute approximate surface area is 120 Å². The molecule has 1 rings (SSSR count). The number of rotatable bonds is 5. The van der Waals surface area contributed by atoms with Crippen LogP contribution in [0, 0.1) is 16.7 Å². The van der Waals surface area contributed by atoms with Crippen LogP contribution in [0.2, 0.25) is 0 Å². The Morgan fingerprint density at radius 1 is 1.50 bits per heavy atom. The van der Waals surface area contributed by atoms with Crippen molar-refractivity contribution in [1.29, 1.82) is 5.26 Å². The molecule has 0 fully saturated rings. The molecule has 0 amide bonds. The minimum absolute atomic E-state index is 0.0173. The summed E-state index contributed by atoms with van der Waals surface area (Å²) in [5.41, 5.74) is 2.07. The Balaban J connectivity index is 3.11. The van der Waals surface area contributed by atoms with Gasteiger partial charge in [0.2, 0.25) is 0 Å². The number of ether oxygens (including phenoxy) is 1. The molecule has 4 heteroatoms. The zero-order chi connectivity index (χ0) is 15.2. The maximum atomic E-state index is 11.8. The van der Waals surface area contributed by atoms with Gasteiger partial charge in [-0.1, -0.05) is 25.5 Å². The van der Waals surface area contributed by atoms with Gasteiger partial charge in [0.05, 0.1) is 6.61 Å². The first-order valence-electron chi connectivity index (χ1n) is 7.04. The number of carbonyl (C=O) groups is 1. The van der Waals surface area contributed by atoms with Crippen LogP contribution in [-0.2, 0) is 9.53 Å². The third kappa shape index (κ3) is 4.50. The van der Waals surface area contributed by atoms with Gasteiger partial charge in [-0.2, -0.15) is 5.26 Å². The molecule has 0 saturated carbocycles. The van der Waals surface area contributed by atoms with Gasteiger partial charge in [0.1, 0.15) is 11.6 Å². The van der Waals surface area contributed by atoms with Crippen LogP contribution in [0.15, 0.2) is 22.8 Å². The summed E-state index contributed by atoms with van der Waals surface area (Å²) in [6, 6.07) is 1.98. The Kier molecular flexibility index (Phi) is 5.97. The molecule has 1 aliphatic rings. The van der Waals surface area contributed by atoms with Crippen LogP contribution in [0.5, 0.6) is 0 Å². The monoisotopic (exact) mass is 277 g/mol. The number of aliphatic hydroxyl groups excluding tert-OH is 1. The average molecular weight is 277 g/mol. The number of esters is 1. The smallest absolute Gasteiger partial charge is 0.349 e. The fraction of sp³-hybridized carbons (Fsp3) is 0.625. The highest BCUT2D eigenvalue weighted by molar-refractivity contribution is 5.94. The Hall–Kier alpha value is -1.60. The van der Waals surface area contributed by atoms with Crippen molar-refractivity contribution < 1.29 is 14.6 Å². The van der Waals surface area contributed by atoms with Crippen molar-refractivity contribution in [2.45, 2.75) is 46.5 Å². The fourth-order valence-corrected chi connectivity index (χ4v) is 2.62. The standard InChI is InChI=1S/C16H23NO3/c1-4-20-15(19)14(11-17)13-8-12(6-5-7-18)9-16(2,3)10-13/h8,18H,4-7,9-10H2,1-3H3/b14-13+. The van der Waals surface area contributed by atoms with Crippen LogP contribution in [-0.4, -0.2) is 24.3 Å². The zero-order valence-corrected chi connectivity index (χ0v) is 12.5. The molecule has 0 aromatic heterocycles. The predicted octanol–water partition coefficient (Wildman–Crippen LogP) is 2.89. The van der Waals surface area contributed by atoms with Crippen molar-refractivity contribution in [2.24, 2.45) is 5.41 Å². The normalized spacial score (nSPS) is 19.9. The highest BCUT2D eigenvalue weighted by atomic mass is 16.5. The largest absolute Gasteiger partial charge is 0.462 e. The predicted molar refractivity (Wildman–Crippen MR) is 76.7 cm³/mol. The summed E-state index contributed by atoms with van der Waals surface area (Å²) >= 11 is 0. The van der Waals surface area contributed by atoms with E-state index in [0.29, 0.717) is 12.8 Å². The second-order valence-electron chi connectivity index (χ2n) is 5.88. The molecule has 1 aliphatic carbocycles. The molecule has 0 atom stereocenters. The Morgan fingerprint density at radius 2 is 2.20 bits per heavy atom. The maximum absolute atomic E-state index is 11.8. The van der Waals surface area contributed by atoms with Gasteiger partial charge < -0.3 is 9.84 Å². The van der Waals surface area contributed by atoms with Gasteiger partial charge in [-0.25, -0.2) is 4.79 Å². The minimum atomic E-state index is -0.541. The van der Waals surface area contributed by atoms with Crippen molar-refractivity contribution in [3.05, 3.63) is 22.8 Å². The SMILES string of the molecule is CCOC(=O)/C(C#N)=C1\C=C(CCCO)CC(C)(C)C1. The van der Waals surface area contributed by atoms with E-state index in [1.54, 1.807) is 6.92 Å². The Bertz CT molecular complexity index is 467. The first-order chi connectivity index (χ1) is 9.43. The molecular formula is C16H23NO3. The molecule has 0 bridgehead atoms. The molecule has 110 valence electrons. The summed E-state index contributed by atoms with van der Waals surface area (Å²) < 4.78 is 4.94. The van der Waals surface area contributed by atoms with E-state index in [9.17, 15) is 10.1 Å². The zero-order valence-electron chi connectivity index (χ0n) is 12.5. The average Bonchev–Trinajstić information content (AvgIpc) is 2.35. The summed E-state index contributed by atoms with van der Waals surface area (Å²) in [4.78, 5) is 11.8. The molecule has 4 nitrogen and oxygen atoms in total. The summed E-state index contributed by atoms with van der Waals surface area (Å²) in [5, 5.41) is 18.2. The second kappa shape index (κ2) is 7.25. The van der Waals surface area contributed by atoms with Gasteiger partial charge in [-0.3, -0.25) is 0 Å². The van der Waals surface area contributed by atoms with Crippen molar-refractivity contribution in [3.63, 3.8) is 0 Å². The first-order valence-corrected chi connectivity index (χ1v) is 7.04. The van der Waals surface area contributed by atoms with E-state index in [1.165, 1.54) is 5.57 Å². The molecule has 0 spiro atoms. The van der Waals surface area contributed by atoms with Crippen LogP contribution in [0.3, 0.4) is 0 Å². The Morgan fingerprint density at radius 3 is 2.75 bits per heavy atom. The van der Waals surface area contributed by atoms with E-state index in [-0.39, 0.29) is 24.2 Å². The van der Waals surface area contributed by atoms with Gasteiger partial charge in [0.25, 0.3) is 0 Å². The molecule has 20 heavy (non-hydrogen) atoms. The summed E-state index contributed by atoms with van der Waals surface area (Å²) in [6.45, 7) is 6.39. The van der Waals surface area contributed by atoms with Crippen LogP contribution < -0.4 is 0 Å². The van der Waals surface area contributed by atoms with Crippen LogP contribution in [0.25, 0.3) is 0 Å². The second-order valence-corrected chi connectivity index (χ2v) is 5.88. The number of nitriles is 1. The lowest BCUT2D eigenvalue weighted by atomic mass is 9.73. The highest BCUT2D eigenvalue weighted by Gasteiger charge is 2.28. The lowest BCUT2D eigenvalue weighted by Gasteiger charge is -2.31. The number of hydrogen-bond donors (Lipinski definition) is 1. The number of aliphatic hydroxyl groups is 1. The first kappa shape index (κ1) is 16.5. The molecule has 1 N–H and O–H groups in total. The quantitative estimate of drug-likeness (QED) is 0.476. The molecule has 0 aromatic rings. The van der Waals surface area contributed by atoms with Crippen molar-refractivity contribution in [3.8, 4) is 6.07 Å². The summed E-state index contributed by atoms with van der Waals surface area (Å²) in [5.74, 6) is -0.541. The number of nitrogens with zero attached hydrogens (tertiary/aromatic N) is 1. The molecule has 0 aliphatic heterocycles. The lowest BCUT2D eigenvalue weighted by Crippen LogP contribution is -2.20. The van der Waals surface area contributed by atoms with Crippen molar-refractivity contribution in [2.75, 3.05) is 13.2 Å². The van der Waals surface area contributed by atoms with Crippen LogP contribution in [0.1, 0.15) is 46.5 Å². The fourth-order valence-electron chi connectivity index (χ4n) is 2.62. The molecule has 0 heterocycles. The van der Waals surface area contributed by atoms with E-state index in [2.05, 4.69) is 13.8 Å². The molecule has 0 unspecified atom stereocenters. The third-order valence-electron chi connectivity index (χ3n) is 3.32. The number of carbonyl (C=O) groups excluding carboxylic acids is 1. The van der Waals surface area contributed by atoms with E-state index in [0.717, 1.165) is 18.4 Å². The topological polar surface area (TPSA) is 70.3 Å². The summed E-state index contributed by atoms with van der Waals surface area (Å²) in [6.07, 6.45) is 5.06. The number of hydrogen-bond acceptors (Lipinski definition) is 4. The van der Waals surface area contributed by atoms with Gasteiger partial charge in [-0.15, -0.1) is 0 Å². The van der Waals surface area contributed by atoms with Crippen molar-refractivity contribution in [1.82, 2.24) is 0 Å². The van der Waals surface area contributed by atoms with E-state index < -0.39 is 5.97 Å². The van der Waals surface area contributed by atoms with Crippen LogP contribution >= 0.6 is 0 Å². The lowest BCUT2D eigenvalue weighted by molar-refractivity contribution is -0.138. The molecule has 0 saturated heterocycles. The van der Waals surface area contributed by atoms with Gasteiger partial charge in [0.15, 0.2) is 0 Å². The van der Waals surface area contributed by atoms with Gasteiger partial charge in [0, 0.05) is 6.61 Å². The van der Waals surface area contributed by atoms with Gasteiger partial charge in [-0.05, 0) is 43.6 Å². The van der Waals surface area contributed by atoms with Crippen molar-refractivity contribution >= 4 is 5.97 Å². The van der Waals surface area contributed by atoms with E-state index >= 15 is 0 Å². The van der Waals surface area contributed by atoms with E-state index in [4.69, 9.17) is 9.84 Å². The van der Waals surface area contributed by atoms with Gasteiger partial charge >= 0.3 is 5.97 Å².